The number of alkyl carbamates (subject to hydrolysis) is 1. The molecule has 5 heteroatoms. The first-order valence-electron chi connectivity index (χ1n) is 10.1. The highest BCUT2D eigenvalue weighted by Gasteiger charge is 2.28. The molecule has 3 aromatic rings. The lowest BCUT2D eigenvalue weighted by atomic mass is 9.98. The molecule has 31 heavy (non-hydrogen) atoms. The molecule has 0 bridgehead atoms. The van der Waals surface area contributed by atoms with Gasteiger partial charge in [-0.2, -0.15) is 0 Å². The number of benzene rings is 3. The van der Waals surface area contributed by atoms with E-state index in [9.17, 15) is 4.79 Å². The van der Waals surface area contributed by atoms with Gasteiger partial charge >= 0.3 is 6.09 Å². The van der Waals surface area contributed by atoms with Gasteiger partial charge in [0.05, 0.1) is 6.21 Å². The van der Waals surface area contributed by atoms with Gasteiger partial charge in [-0.1, -0.05) is 77.7 Å². The highest BCUT2D eigenvalue weighted by molar-refractivity contribution is 5.80. The molecule has 0 unspecified atom stereocenters. The van der Waals surface area contributed by atoms with Crippen LogP contribution in [0.2, 0.25) is 0 Å². The number of hydrogen-bond acceptors (Lipinski definition) is 4. The maximum atomic E-state index is 12.2. The number of amides is 1. The van der Waals surface area contributed by atoms with Crippen LogP contribution >= 0.6 is 0 Å². The fourth-order valence-electron chi connectivity index (χ4n) is 3.80. The number of rotatable bonds is 5. The fraction of sp³-hybridized carbons (Fsp3) is 0.154. The Hall–Kier alpha value is -4.04. The van der Waals surface area contributed by atoms with E-state index in [-0.39, 0.29) is 5.92 Å². The summed E-state index contributed by atoms with van der Waals surface area (Å²) in [4.78, 5) is 12.2. The second-order valence-electron chi connectivity index (χ2n) is 7.17. The molecule has 5 nitrogen and oxygen atoms in total. The third-order valence-electron chi connectivity index (χ3n) is 5.19. The SMILES string of the molecule is O=C(NCCC#Cc1cccc(C=NO)c1)OCC1c2ccccc2-c2ccccc21. The molecule has 0 aromatic heterocycles. The molecule has 4 rings (SSSR count). The van der Waals surface area contributed by atoms with E-state index < -0.39 is 6.09 Å². The van der Waals surface area contributed by atoms with Crippen molar-refractivity contribution < 1.29 is 14.7 Å². The molecule has 0 heterocycles. The van der Waals surface area contributed by atoms with E-state index in [0.29, 0.717) is 19.6 Å². The van der Waals surface area contributed by atoms with Crippen molar-refractivity contribution in [3.8, 4) is 23.0 Å². The molecule has 0 radical (unpaired) electrons. The van der Waals surface area contributed by atoms with E-state index in [1.165, 1.54) is 28.5 Å². The minimum Gasteiger partial charge on any atom is -0.449 e. The van der Waals surface area contributed by atoms with Crippen LogP contribution in [0.1, 0.15) is 34.6 Å². The maximum Gasteiger partial charge on any atom is 0.407 e. The van der Waals surface area contributed by atoms with Gasteiger partial charge in [0.2, 0.25) is 0 Å². The third-order valence-corrected chi connectivity index (χ3v) is 5.19. The van der Waals surface area contributed by atoms with E-state index >= 15 is 0 Å². The minimum absolute atomic E-state index is 0.0488. The predicted octanol–water partition coefficient (Wildman–Crippen LogP) is 4.78. The van der Waals surface area contributed by atoms with Crippen LogP contribution in [0.15, 0.2) is 78.0 Å². The van der Waals surface area contributed by atoms with Crippen LogP contribution in [0.3, 0.4) is 0 Å². The molecule has 0 saturated carbocycles. The molecule has 0 aliphatic heterocycles. The number of ether oxygens (including phenoxy) is 1. The first-order valence-corrected chi connectivity index (χ1v) is 10.1. The van der Waals surface area contributed by atoms with Crippen molar-refractivity contribution in [1.29, 1.82) is 0 Å². The molecular formula is C26H22N2O3. The lowest BCUT2D eigenvalue weighted by Gasteiger charge is -2.14. The van der Waals surface area contributed by atoms with Gasteiger partial charge < -0.3 is 15.3 Å². The van der Waals surface area contributed by atoms with Crippen LogP contribution in [0.5, 0.6) is 0 Å². The first-order chi connectivity index (χ1) is 15.3. The number of oxime groups is 1. The molecule has 0 fully saturated rings. The summed E-state index contributed by atoms with van der Waals surface area (Å²) in [6.07, 6.45) is 1.41. The average Bonchev–Trinajstić information content (AvgIpc) is 3.12. The van der Waals surface area contributed by atoms with Gasteiger partial charge in [-0.15, -0.1) is 0 Å². The molecule has 0 saturated heterocycles. The largest absolute Gasteiger partial charge is 0.449 e. The molecular weight excluding hydrogens is 388 g/mol. The lowest BCUT2D eigenvalue weighted by Crippen LogP contribution is -2.26. The number of carbonyl (C=O) groups is 1. The second kappa shape index (κ2) is 9.64. The minimum atomic E-state index is -0.440. The summed E-state index contributed by atoms with van der Waals surface area (Å²) >= 11 is 0. The summed E-state index contributed by atoms with van der Waals surface area (Å²) in [5.41, 5.74) is 6.38. The van der Waals surface area contributed by atoms with E-state index in [2.05, 4.69) is 46.6 Å². The molecule has 154 valence electrons. The Morgan fingerprint density at radius 3 is 2.45 bits per heavy atom. The smallest absolute Gasteiger partial charge is 0.407 e. The van der Waals surface area contributed by atoms with Crippen LogP contribution < -0.4 is 5.32 Å². The molecule has 1 aliphatic rings. The van der Waals surface area contributed by atoms with Crippen LogP contribution in [-0.4, -0.2) is 30.7 Å². The Morgan fingerprint density at radius 2 is 1.74 bits per heavy atom. The van der Waals surface area contributed by atoms with Crippen LogP contribution in [0.4, 0.5) is 4.79 Å². The van der Waals surface area contributed by atoms with Gasteiger partial charge in [0, 0.05) is 24.4 Å². The molecule has 3 aromatic carbocycles. The Morgan fingerprint density at radius 1 is 1.03 bits per heavy atom. The molecule has 2 N–H and O–H groups in total. The van der Waals surface area contributed by atoms with Crippen molar-refractivity contribution in [2.45, 2.75) is 12.3 Å². The van der Waals surface area contributed by atoms with Gasteiger partial charge in [0.1, 0.15) is 6.61 Å². The van der Waals surface area contributed by atoms with Gasteiger partial charge in [-0.05, 0) is 39.9 Å². The Bertz CT molecular complexity index is 1130. The van der Waals surface area contributed by atoms with E-state index in [1.54, 1.807) is 0 Å². The summed E-state index contributed by atoms with van der Waals surface area (Å²) in [7, 11) is 0. The van der Waals surface area contributed by atoms with Crippen molar-refractivity contribution in [3.05, 3.63) is 95.1 Å². The molecule has 0 spiro atoms. The summed E-state index contributed by atoms with van der Waals surface area (Å²) in [5.74, 6) is 6.10. The first kappa shape index (κ1) is 20.2. The Labute approximate surface area is 181 Å². The zero-order valence-electron chi connectivity index (χ0n) is 16.9. The number of fused-ring (bicyclic) bond motifs is 3. The molecule has 1 amide bonds. The van der Waals surface area contributed by atoms with Crippen molar-refractivity contribution in [1.82, 2.24) is 5.32 Å². The lowest BCUT2D eigenvalue weighted by molar-refractivity contribution is 0.143. The zero-order chi connectivity index (χ0) is 21.5. The monoisotopic (exact) mass is 410 g/mol. The third kappa shape index (κ3) is 4.76. The van der Waals surface area contributed by atoms with Gasteiger partial charge in [-0.25, -0.2) is 4.79 Å². The van der Waals surface area contributed by atoms with E-state index in [4.69, 9.17) is 9.94 Å². The Balaban J connectivity index is 1.28. The molecule has 1 aliphatic carbocycles. The van der Waals surface area contributed by atoms with E-state index in [1.807, 2.05) is 48.5 Å². The fourth-order valence-corrected chi connectivity index (χ4v) is 3.80. The van der Waals surface area contributed by atoms with Crippen molar-refractivity contribution in [2.75, 3.05) is 13.2 Å². The quantitative estimate of drug-likeness (QED) is 0.209. The average molecular weight is 410 g/mol. The van der Waals surface area contributed by atoms with Crippen LogP contribution in [-0.2, 0) is 4.74 Å². The molecule has 0 atom stereocenters. The summed E-state index contributed by atoms with van der Waals surface area (Å²) < 4.78 is 5.51. The highest BCUT2D eigenvalue weighted by Crippen LogP contribution is 2.44. The van der Waals surface area contributed by atoms with E-state index in [0.717, 1.165) is 11.1 Å². The second-order valence-corrected chi connectivity index (χ2v) is 7.17. The van der Waals surface area contributed by atoms with Crippen molar-refractivity contribution >= 4 is 12.3 Å². The van der Waals surface area contributed by atoms with Gasteiger partial charge in [0.25, 0.3) is 0 Å². The summed E-state index contributed by atoms with van der Waals surface area (Å²) in [6, 6.07) is 23.9. The number of carbonyl (C=O) groups excluding carboxylic acids is 1. The van der Waals surface area contributed by atoms with Crippen LogP contribution in [0.25, 0.3) is 11.1 Å². The topological polar surface area (TPSA) is 70.9 Å². The standard InChI is InChI=1S/C26H22N2O3/c29-26(27-15-6-5-8-19-9-7-10-20(16-19)17-28-30)31-18-25-23-13-3-1-11-21(23)22-12-2-4-14-24(22)25/h1-4,7,9-14,16-17,25,30H,6,15,18H2,(H,27,29). The van der Waals surface area contributed by atoms with Gasteiger partial charge in [-0.3, -0.25) is 0 Å². The van der Waals surface area contributed by atoms with Crippen molar-refractivity contribution in [2.24, 2.45) is 5.16 Å². The van der Waals surface area contributed by atoms with Gasteiger partial charge in [0.15, 0.2) is 0 Å². The predicted molar refractivity (Wildman–Crippen MR) is 120 cm³/mol. The van der Waals surface area contributed by atoms with Crippen LogP contribution in [0, 0.1) is 11.8 Å². The number of nitrogens with one attached hydrogen (secondary N) is 1. The normalized spacial score (nSPS) is 12.0. The number of hydrogen-bond donors (Lipinski definition) is 2. The zero-order valence-corrected chi connectivity index (χ0v) is 16.9. The summed E-state index contributed by atoms with van der Waals surface area (Å²) in [5, 5.41) is 14.4. The van der Waals surface area contributed by atoms with Crippen molar-refractivity contribution in [3.63, 3.8) is 0 Å². The highest BCUT2D eigenvalue weighted by atomic mass is 16.5. The summed E-state index contributed by atoms with van der Waals surface area (Å²) in [6.45, 7) is 0.701. The number of nitrogens with zero attached hydrogens (tertiary/aromatic N) is 1. The Kier molecular flexibility index (Phi) is 6.29. The maximum absolute atomic E-state index is 12.2.